The zero-order valence-corrected chi connectivity index (χ0v) is 39.4. The van der Waals surface area contributed by atoms with Gasteiger partial charge in [-0.1, -0.05) is 130 Å². The average Bonchev–Trinajstić information content (AvgIpc) is 3.60. The summed E-state index contributed by atoms with van der Waals surface area (Å²) < 4.78 is 17.5. The highest BCUT2D eigenvalue weighted by atomic mass is 16.5. The van der Waals surface area contributed by atoms with E-state index in [0.717, 1.165) is 111 Å². The fourth-order valence-corrected chi connectivity index (χ4v) is 13.7. The Kier molecular flexibility index (Phi) is 18.0. The molecule has 4 fully saturated rings. The van der Waals surface area contributed by atoms with Crippen LogP contribution in [0, 0.1) is 52.3 Å². The van der Waals surface area contributed by atoms with E-state index in [0.29, 0.717) is 12.0 Å². The van der Waals surface area contributed by atoms with Crippen LogP contribution >= 0.6 is 0 Å². The van der Waals surface area contributed by atoms with Crippen LogP contribution in [0.1, 0.15) is 220 Å². The molecule has 0 aliphatic heterocycles. The number of fused-ring (bicyclic) bond motifs is 5. The summed E-state index contributed by atoms with van der Waals surface area (Å²) in [6, 6.07) is 8.90. The summed E-state index contributed by atoms with van der Waals surface area (Å²) in [4.78, 5) is 25.3. The summed E-state index contributed by atoms with van der Waals surface area (Å²) in [5.41, 5.74) is 3.77. The lowest BCUT2D eigenvalue weighted by Gasteiger charge is -2.58. The molecule has 0 saturated heterocycles. The Labute approximate surface area is 367 Å². The average molecular weight is 829 g/mol. The Hall–Kier alpha value is -2.30. The zero-order valence-electron chi connectivity index (χ0n) is 39.4. The number of rotatable bonds is 23. The first-order valence-electron chi connectivity index (χ1n) is 25.8. The largest absolute Gasteiger partial charge is 0.494 e. The Bertz CT molecular complexity index is 1490. The van der Waals surface area contributed by atoms with E-state index in [1.165, 1.54) is 108 Å². The molecule has 0 aromatic heterocycles. The first-order valence-corrected chi connectivity index (χ1v) is 25.8. The molecular weight excluding hydrogens is 741 g/mol. The predicted octanol–water partition coefficient (Wildman–Crippen LogP) is 15.1. The smallest absolute Gasteiger partial charge is 0.306 e. The van der Waals surface area contributed by atoms with E-state index in [2.05, 4.69) is 71.9 Å². The van der Waals surface area contributed by atoms with Crippen LogP contribution in [-0.2, 0) is 19.1 Å². The maximum absolute atomic E-state index is 12.9. The van der Waals surface area contributed by atoms with E-state index in [-0.39, 0.29) is 36.3 Å². The van der Waals surface area contributed by atoms with Crippen molar-refractivity contribution in [1.29, 1.82) is 0 Å². The molecule has 5 heteroatoms. The van der Waals surface area contributed by atoms with Crippen molar-refractivity contribution >= 4 is 11.9 Å². The van der Waals surface area contributed by atoms with Crippen LogP contribution in [0.4, 0.5) is 0 Å². The third kappa shape index (κ3) is 12.4. The summed E-state index contributed by atoms with van der Waals surface area (Å²) in [7, 11) is 0. The second-order valence-corrected chi connectivity index (χ2v) is 21.8. The van der Waals surface area contributed by atoms with E-state index in [9.17, 15) is 9.59 Å². The van der Waals surface area contributed by atoms with Crippen LogP contribution in [0.15, 0.2) is 35.9 Å². The van der Waals surface area contributed by atoms with Gasteiger partial charge >= 0.3 is 11.9 Å². The Morgan fingerprint density at radius 2 is 1.47 bits per heavy atom. The number of hydrogen-bond acceptors (Lipinski definition) is 5. The van der Waals surface area contributed by atoms with Crippen molar-refractivity contribution in [2.24, 2.45) is 52.3 Å². The van der Waals surface area contributed by atoms with Gasteiger partial charge in [0.1, 0.15) is 11.9 Å². The quantitative estimate of drug-likeness (QED) is 0.0625. The van der Waals surface area contributed by atoms with Gasteiger partial charge in [-0.15, -0.1) is 0 Å². The molecule has 338 valence electrons. The Morgan fingerprint density at radius 1 is 0.733 bits per heavy atom. The summed E-state index contributed by atoms with van der Waals surface area (Å²) >= 11 is 0. The molecule has 0 amide bonds. The molecule has 5 nitrogen and oxygen atoms in total. The number of allylic oxidation sites excluding steroid dienone is 1. The van der Waals surface area contributed by atoms with Crippen LogP contribution in [0.25, 0.3) is 0 Å². The summed E-state index contributed by atoms with van der Waals surface area (Å²) in [5.74, 6) is 7.07. The van der Waals surface area contributed by atoms with Gasteiger partial charge in [-0.25, -0.2) is 0 Å². The number of esters is 2. The first-order chi connectivity index (χ1) is 29.0. The predicted molar refractivity (Wildman–Crippen MR) is 247 cm³/mol. The van der Waals surface area contributed by atoms with Gasteiger partial charge in [-0.05, 0) is 159 Å². The molecule has 8 atom stereocenters. The van der Waals surface area contributed by atoms with Crippen LogP contribution in [-0.4, -0.2) is 31.3 Å². The number of benzene rings is 1. The van der Waals surface area contributed by atoms with Crippen LogP contribution in [0.5, 0.6) is 5.75 Å². The molecule has 5 aliphatic rings. The molecular formula is C55H88O5. The number of carbonyl (C=O) groups is 2. The van der Waals surface area contributed by atoms with Crippen molar-refractivity contribution in [3.63, 3.8) is 0 Å². The monoisotopic (exact) mass is 829 g/mol. The highest BCUT2D eigenvalue weighted by Crippen LogP contribution is 2.67. The van der Waals surface area contributed by atoms with E-state index in [1.54, 1.807) is 5.57 Å². The fraction of sp³-hybridized carbons (Fsp3) is 0.818. The maximum atomic E-state index is 12.9. The van der Waals surface area contributed by atoms with E-state index < -0.39 is 0 Å². The molecule has 5 aliphatic carbocycles. The van der Waals surface area contributed by atoms with Gasteiger partial charge < -0.3 is 14.2 Å². The molecule has 0 N–H and O–H groups in total. The van der Waals surface area contributed by atoms with E-state index in [4.69, 9.17) is 14.2 Å². The van der Waals surface area contributed by atoms with Gasteiger partial charge in [-0.2, -0.15) is 0 Å². The lowest BCUT2D eigenvalue weighted by atomic mass is 9.47. The molecule has 0 spiro atoms. The molecule has 0 radical (unpaired) electrons. The van der Waals surface area contributed by atoms with Crippen molar-refractivity contribution < 1.29 is 23.8 Å². The molecule has 4 saturated carbocycles. The standard InChI is InChI=1S/C55H88O5/c1-7-8-12-18-42-19-21-43(22-20-42)44-23-26-46(27-24-44)58-37-13-10-9-11-14-38-59-52(56)31-32-53(57)60-47-33-35-54(5)45(39-47)25-28-48-50-30-29-49(41(4)17-15-16-40(2)3)55(50,6)36-34-51(48)54/h23-27,40-43,47-51H,7-22,28-39H2,1-6H3/t41?,42?,43?,47-,48?,49+,50?,51?,54-,55+/m0/s1. The number of ether oxygens (including phenoxy) is 3. The molecule has 1 aromatic rings. The van der Waals surface area contributed by atoms with E-state index >= 15 is 0 Å². The van der Waals surface area contributed by atoms with Crippen molar-refractivity contribution in [1.82, 2.24) is 0 Å². The highest BCUT2D eigenvalue weighted by Gasteiger charge is 2.59. The number of carbonyl (C=O) groups excluding carboxylic acids is 2. The van der Waals surface area contributed by atoms with Gasteiger partial charge in [0.2, 0.25) is 0 Å². The molecule has 0 bridgehead atoms. The minimum atomic E-state index is -0.290. The lowest BCUT2D eigenvalue weighted by Crippen LogP contribution is -2.51. The second kappa shape index (κ2) is 22.9. The minimum Gasteiger partial charge on any atom is -0.494 e. The van der Waals surface area contributed by atoms with Crippen molar-refractivity contribution in [2.75, 3.05) is 13.2 Å². The maximum Gasteiger partial charge on any atom is 0.306 e. The first kappa shape index (κ1) is 47.2. The van der Waals surface area contributed by atoms with Gasteiger partial charge in [0.15, 0.2) is 0 Å². The Balaban J connectivity index is 0.796. The van der Waals surface area contributed by atoms with Crippen LogP contribution in [0.3, 0.4) is 0 Å². The normalized spacial score (nSPS) is 31.7. The zero-order chi connectivity index (χ0) is 42.5. The summed E-state index contributed by atoms with van der Waals surface area (Å²) in [6.07, 6.45) is 32.7. The van der Waals surface area contributed by atoms with Crippen molar-refractivity contribution in [3.8, 4) is 5.75 Å². The molecule has 6 rings (SSSR count). The topological polar surface area (TPSA) is 61.8 Å². The van der Waals surface area contributed by atoms with Gasteiger partial charge in [-0.3, -0.25) is 9.59 Å². The molecule has 4 unspecified atom stereocenters. The Morgan fingerprint density at radius 3 is 2.22 bits per heavy atom. The third-order valence-corrected chi connectivity index (χ3v) is 17.3. The minimum absolute atomic E-state index is 0.0636. The van der Waals surface area contributed by atoms with E-state index in [1.807, 2.05) is 0 Å². The van der Waals surface area contributed by atoms with Gasteiger partial charge in [0.25, 0.3) is 0 Å². The molecule has 60 heavy (non-hydrogen) atoms. The summed E-state index contributed by atoms with van der Waals surface area (Å²) in [6.45, 7) is 16.0. The molecule has 0 heterocycles. The van der Waals surface area contributed by atoms with Crippen LogP contribution in [0.2, 0.25) is 0 Å². The van der Waals surface area contributed by atoms with Gasteiger partial charge in [0, 0.05) is 6.42 Å². The van der Waals surface area contributed by atoms with Crippen molar-refractivity contribution in [2.45, 2.75) is 221 Å². The number of unbranched alkanes of at least 4 members (excludes halogenated alkanes) is 6. The van der Waals surface area contributed by atoms with Gasteiger partial charge in [0.05, 0.1) is 26.1 Å². The van der Waals surface area contributed by atoms with Crippen LogP contribution < -0.4 is 4.74 Å². The lowest BCUT2D eigenvalue weighted by molar-refractivity contribution is -0.155. The SMILES string of the molecule is CCCCCC1CCC(c2ccc(OCCCCCCCOC(=O)CCC(=O)O[C@H]3CC[C@@]4(C)C(=CCC5C4CC[C@@]4(C)C5CC[C@@H]4C(C)CCCC(C)C)C3)cc2)CC1. The summed E-state index contributed by atoms with van der Waals surface area (Å²) in [5, 5.41) is 0. The third-order valence-electron chi connectivity index (χ3n) is 17.3. The molecule has 1 aromatic carbocycles. The van der Waals surface area contributed by atoms with Crippen molar-refractivity contribution in [3.05, 3.63) is 41.5 Å². The fourth-order valence-electron chi connectivity index (χ4n) is 13.7. The number of hydrogen-bond donors (Lipinski definition) is 0. The highest BCUT2D eigenvalue weighted by molar-refractivity contribution is 5.77. The second-order valence-electron chi connectivity index (χ2n) is 21.8.